The maximum Gasteiger partial charge on any atom is 0.269 e. The Labute approximate surface area is 123 Å². The Bertz CT molecular complexity index is 495. The molecular weight excluding hydrogens is 272 g/mol. The van der Waals surface area contributed by atoms with Crippen molar-refractivity contribution < 1.29 is 14.8 Å². The molecule has 114 valence electrons. The minimum atomic E-state index is -0.849. The van der Waals surface area contributed by atoms with E-state index < -0.39 is 11.0 Å². The van der Waals surface area contributed by atoms with Crippen molar-refractivity contribution in [1.29, 1.82) is 0 Å². The van der Waals surface area contributed by atoms with Crippen molar-refractivity contribution in [2.24, 2.45) is 5.92 Å². The van der Waals surface area contributed by atoms with Gasteiger partial charge in [-0.1, -0.05) is 19.3 Å². The van der Waals surface area contributed by atoms with Crippen molar-refractivity contribution in [3.8, 4) is 0 Å². The lowest BCUT2D eigenvalue weighted by Gasteiger charge is -2.21. The summed E-state index contributed by atoms with van der Waals surface area (Å²) in [4.78, 5) is 22.0. The second-order valence-electron chi connectivity index (χ2n) is 5.44. The van der Waals surface area contributed by atoms with E-state index in [1.807, 2.05) is 0 Å². The third kappa shape index (κ3) is 4.26. The van der Waals surface area contributed by atoms with Gasteiger partial charge in [-0.15, -0.1) is 0 Å². The van der Waals surface area contributed by atoms with Crippen molar-refractivity contribution in [2.75, 3.05) is 6.54 Å². The van der Waals surface area contributed by atoms with Crippen LogP contribution in [-0.2, 0) is 4.79 Å². The molecule has 1 aliphatic rings. The quantitative estimate of drug-likeness (QED) is 0.643. The van der Waals surface area contributed by atoms with E-state index in [-0.39, 0.29) is 24.1 Å². The number of non-ortho nitro benzene ring substituents is 1. The number of hydrogen-bond acceptors (Lipinski definition) is 4. The summed E-state index contributed by atoms with van der Waals surface area (Å²) in [6.07, 6.45) is 4.35. The zero-order valence-electron chi connectivity index (χ0n) is 11.8. The molecule has 2 rings (SSSR count). The highest BCUT2D eigenvalue weighted by atomic mass is 16.6. The Morgan fingerprint density at radius 1 is 1.29 bits per heavy atom. The second-order valence-corrected chi connectivity index (χ2v) is 5.44. The summed E-state index contributed by atoms with van der Waals surface area (Å²) < 4.78 is 0. The predicted octanol–water partition coefficient (Wildman–Crippen LogP) is 2.32. The molecule has 1 aromatic carbocycles. The summed E-state index contributed by atoms with van der Waals surface area (Å²) in [6, 6.07) is 5.72. The van der Waals surface area contributed by atoms with Gasteiger partial charge in [0.25, 0.3) is 5.69 Å². The fraction of sp³-hybridized carbons (Fsp3) is 0.533. The molecule has 0 unspecified atom stereocenters. The molecule has 1 saturated carbocycles. The number of carbonyl (C=O) groups is 1. The summed E-state index contributed by atoms with van der Waals surface area (Å²) >= 11 is 0. The van der Waals surface area contributed by atoms with E-state index in [2.05, 4.69) is 5.32 Å². The Morgan fingerprint density at radius 3 is 2.48 bits per heavy atom. The molecule has 6 nitrogen and oxygen atoms in total. The van der Waals surface area contributed by atoms with Crippen LogP contribution in [0.4, 0.5) is 5.69 Å². The van der Waals surface area contributed by atoms with Gasteiger partial charge >= 0.3 is 0 Å². The largest absolute Gasteiger partial charge is 0.387 e. The number of rotatable bonds is 5. The van der Waals surface area contributed by atoms with Crippen LogP contribution >= 0.6 is 0 Å². The molecule has 0 saturated heterocycles. The van der Waals surface area contributed by atoms with Crippen LogP contribution in [0.25, 0.3) is 0 Å². The maximum absolute atomic E-state index is 12.0. The fourth-order valence-corrected chi connectivity index (χ4v) is 2.64. The maximum atomic E-state index is 12.0. The van der Waals surface area contributed by atoms with Gasteiger partial charge in [0, 0.05) is 24.6 Å². The lowest BCUT2D eigenvalue weighted by molar-refractivity contribution is -0.384. The van der Waals surface area contributed by atoms with Crippen molar-refractivity contribution >= 4 is 11.6 Å². The van der Waals surface area contributed by atoms with Crippen molar-refractivity contribution in [1.82, 2.24) is 5.32 Å². The number of benzene rings is 1. The molecule has 0 bridgehead atoms. The number of nitro groups is 1. The number of nitro benzene ring substituents is 1. The molecule has 0 aromatic heterocycles. The number of amides is 1. The standard InChI is InChI=1S/C15H20N2O4/c18-14(11-6-8-13(9-7-11)17(20)21)10-16-15(19)12-4-2-1-3-5-12/h6-9,12,14,18H,1-5,10H2,(H,16,19)/t14-/m0/s1. The molecule has 0 spiro atoms. The molecule has 1 atom stereocenters. The van der Waals surface area contributed by atoms with E-state index in [9.17, 15) is 20.0 Å². The monoisotopic (exact) mass is 292 g/mol. The molecule has 21 heavy (non-hydrogen) atoms. The first-order chi connectivity index (χ1) is 10.1. The number of carbonyl (C=O) groups excluding carboxylic acids is 1. The van der Waals surface area contributed by atoms with Crippen LogP contribution in [0, 0.1) is 16.0 Å². The molecule has 0 heterocycles. The average molecular weight is 292 g/mol. The Kier molecular flexibility index (Phi) is 5.27. The second kappa shape index (κ2) is 7.17. The summed E-state index contributed by atoms with van der Waals surface area (Å²) in [6.45, 7) is 0.132. The van der Waals surface area contributed by atoms with Gasteiger partial charge in [0.1, 0.15) is 0 Å². The zero-order valence-corrected chi connectivity index (χ0v) is 11.8. The van der Waals surface area contributed by atoms with Crippen LogP contribution in [0.1, 0.15) is 43.8 Å². The normalized spacial score (nSPS) is 17.2. The van der Waals surface area contributed by atoms with E-state index in [1.165, 1.54) is 30.7 Å². The molecule has 0 radical (unpaired) electrons. The van der Waals surface area contributed by atoms with E-state index in [1.54, 1.807) is 0 Å². The molecule has 1 fully saturated rings. The highest BCUT2D eigenvalue weighted by Gasteiger charge is 2.21. The van der Waals surface area contributed by atoms with E-state index >= 15 is 0 Å². The third-order valence-corrected chi connectivity index (χ3v) is 3.93. The first-order valence-corrected chi connectivity index (χ1v) is 7.28. The van der Waals surface area contributed by atoms with Crippen molar-refractivity contribution in [3.63, 3.8) is 0 Å². The summed E-state index contributed by atoms with van der Waals surface area (Å²) in [5, 5.41) is 23.3. The van der Waals surface area contributed by atoms with Gasteiger partial charge in [-0.25, -0.2) is 0 Å². The van der Waals surface area contributed by atoms with Gasteiger partial charge in [0.15, 0.2) is 0 Å². The Balaban J connectivity index is 1.84. The van der Waals surface area contributed by atoms with Gasteiger partial charge < -0.3 is 10.4 Å². The smallest absolute Gasteiger partial charge is 0.269 e. The Morgan fingerprint density at radius 2 is 1.90 bits per heavy atom. The van der Waals surface area contributed by atoms with E-state index in [4.69, 9.17) is 0 Å². The van der Waals surface area contributed by atoms with Crippen LogP contribution in [0.3, 0.4) is 0 Å². The van der Waals surface area contributed by atoms with Gasteiger partial charge in [0.05, 0.1) is 11.0 Å². The fourth-order valence-electron chi connectivity index (χ4n) is 2.64. The molecule has 0 aliphatic heterocycles. The summed E-state index contributed by atoms with van der Waals surface area (Å²) in [7, 11) is 0. The number of aliphatic hydroxyl groups is 1. The van der Waals surface area contributed by atoms with Crippen LogP contribution in [0.2, 0.25) is 0 Å². The first-order valence-electron chi connectivity index (χ1n) is 7.28. The highest BCUT2D eigenvalue weighted by molar-refractivity contribution is 5.78. The summed E-state index contributed by atoms with van der Waals surface area (Å²) in [5.41, 5.74) is 0.543. The van der Waals surface area contributed by atoms with Gasteiger partial charge in [-0.3, -0.25) is 14.9 Å². The van der Waals surface area contributed by atoms with Crippen molar-refractivity contribution in [3.05, 3.63) is 39.9 Å². The van der Waals surface area contributed by atoms with Gasteiger partial charge in [0.2, 0.25) is 5.91 Å². The third-order valence-electron chi connectivity index (χ3n) is 3.93. The van der Waals surface area contributed by atoms with Gasteiger partial charge in [-0.05, 0) is 30.5 Å². The molecule has 1 aliphatic carbocycles. The highest BCUT2D eigenvalue weighted by Crippen LogP contribution is 2.24. The van der Waals surface area contributed by atoms with Gasteiger partial charge in [-0.2, -0.15) is 0 Å². The van der Waals surface area contributed by atoms with Crippen molar-refractivity contribution in [2.45, 2.75) is 38.2 Å². The SMILES string of the molecule is O=C(NC[C@H](O)c1ccc([N+](=O)[O-])cc1)C1CCCCC1. The Hall–Kier alpha value is -1.95. The van der Waals surface area contributed by atoms with Crippen LogP contribution in [0.5, 0.6) is 0 Å². The minimum absolute atomic E-state index is 0.00402. The minimum Gasteiger partial charge on any atom is -0.387 e. The predicted molar refractivity (Wildman–Crippen MR) is 77.6 cm³/mol. The number of nitrogens with one attached hydrogen (secondary N) is 1. The average Bonchev–Trinajstić information content (AvgIpc) is 2.53. The zero-order chi connectivity index (χ0) is 15.2. The molecule has 1 amide bonds. The first kappa shape index (κ1) is 15.4. The number of hydrogen-bond donors (Lipinski definition) is 2. The molecule has 1 aromatic rings. The number of nitrogens with zero attached hydrogens (tertiary/aromatic N) is 1. The van der Waals surface area contributed by atoms with E-state index in [0.29, 0.717) is 5.56 Å². The molecular formula is C15H20N2O4. The van der Waals surface area contributed by atoms with Crippen LogP contribution < -0.4 is 5.32 Å². The summed E-state index contributed by atoms with van der Waals surface area (Å²) in [5.74, 6) is 0.0541. The number of aliphatic hydroxyl groups excluding tert-OH is 1. The van der Waals surface area contributed by atoms with Crippen LogP contribution in [0.15, 0.2) is 24.3 Å². The molecule has 6 heteroatoms. The van der Waals surface area contributed by atoms with E-state index in [0.717, 1.165) is 25.7 Å². The lowest BCUT2D eigenvalue weighted by atomic mass is 9.88. The molecule has 2 N–H and O–H groups in total. The lowest BCUT2D eigenvalue weighted by Crippen LogP contribution is -2.34. The topological polar surface area (TPSA) is 92.5 Å². The van der Waals surface area contributed by atoms with Crippen LogP contribution in [-0.4, -0.2) is 22.5 Å².